The average molecular weight is 430 g/mol. The summed E-state index contributed by atoms with van der Waals surface area (Å²) in [6.07, 6.45) is -8.89. The second-order valence-electron chi connectivity index (χ2n) is 6.06. The van der Waals surface area contributed by atoms with E-state index in [1.54, 1.807) is 9.80 Å². The highest BCUT2D eigenvalue weighted by atomic mass is 19.4. The first-order valence-corrected chi connectivity index (χ1v) is 8.20. The molecule has 0 spiro atoms. The van der Waals surface area contributed by atoms with E-state index in [-0.39, 0.29) is 30.5 Å². The Morgan fingerprint density at radius 2 is 1.86 bits per heavy atom. The number of carboxylic acid groups (broad SMARTS) is 1. The molecular weight excluding hydrogens is 414 g/mol. The molecule has 3 rings (SSSR count). The highest BCUT2D eigenvalue weighted by Crippen LogP contribution is 2.31. The van der Waals surface area contributed by atoms with Crippen molar-refractivity contribution in [2.75, 3.05) is 31.1 Å². The molecule has 1 N–H and O–H groups in total. The molecule has 2 fully saturated rings. The molecule has 162 valence electrons. The highest BCUT2D eigenvalue weighted by molar-refractivity contribution is 5.79. The maximum atomic E-state index is 12.7. The topological polar surface area (TPSA) is 95.9 Å². The van der Waals surface area contributed by atoms with E-state index >= 15 is 0 Å². The second kappa shape index (κ2) is 8.39. The molecule has 2 saturated heterocycles. The zero-order valence-electron chi connectivity index (χ0n) is 14.9. The van der Waals surface area contributed by atoms with Crippen molar-refractivity contribution in [3.63, 3.8) is 0 Å². The van der Waals surface area contributed by atoms with Crippen LogP contribution in [0.4, 0.5) is 32.2 Å². The molecule has 3 heterocycles. The Morgan fingerprint density at radius 3 is 2.38 bits per heavy atom. The lowest BCUT2D eigenvalue weighted by molar-refractivity contribution is -0.192. The van der Waals surface area contributed by atoms with Gasteiger partial charge in [-0.2, -0.15) is 26.3 Å². The SMILES string of the molecule is CCN1C(=O)CO[C@@H]2CN(c3cc(C(F)(F)F)ncn3)C[C@H]21.O=C(O)C(F)(F)F. The van der Waals surface area contributed by atoms with Crippen molar-refractivity contribution in [1.29, 1.82) is 0 Å². The Hall–Kier alpha value is -2.64. The number of fused-ring (bicyclic) bond motifs is 1. The largest absolute Gasteiger partial charge is 0.490 e. The lowest BCUT2D eigenvalue weighted by Gasteiger charge is -2.35. The van der Waals surface area contributed by atoms with Gasteiger partial charge < -0.3 is 19.6 Å². The second-order valence-corrected chi connectivity index (χ2v) is 6.06. The van der Waals surface area contributed by atoms with Gasteiger partial charge in [-0.25, -0.2) is 14.8 Å². The number of ether oxygens (including phenoxy) is 1. The lowest BCUT2D eigenvalue weighted by Crippen LogP contribution is -2.53. The van der Waals surface area contributed by atoms with Gasteiger partial charge in [-0.05, 0) is 6.92 Å². The van der Waals surface area contributed by atoms with Gasteiger partial charge in [-0.3, -0.25) is 4.79 Å². The van der Waals surface area contributed by atoms with Crippen molar-refractivity contribution >= 4 is 17.7 Å². The molecule has 1 amide bonds. The van der Waals surface area contributed by atoms with E-state index in [4.69, 9.17) is 14.6 Å². The lowest BCUT2D eigenvalue weighted by atomic mass is 10.1. The quantitative estimate of drug-likeness (QED) is 0.712. The number of amides is 1. The zero-order valence-corrected chi connectivity index (χ0v) is 14.9. The summed E-state index contributed by atoms with van der Waals surface area (Å²) in [5.41, 5.74) is -0.975. The van der Waals surface area contributed by atoms with E-state index in [1.807, 2.05) is 6.92 Å². The Balaban J connectivity index is 0.000000370. The van der Waals surface area contributed by atoms with Crippen molar-refractivity contribution in [2.45, 2.75) is 31.4 Å². The average Bonchev–Trinajstić information content (AvgIpc) is 3.05. The van der Waals surface area contributed by atoms with Crippen molar-refractivity contribution in [3.05, 3.63) is 18.1 Å². The first kappa shape index (κ1) is 22.6. The Bertz CT molecular complexity index is 757. The fraction of sp³-hybridized carbons (Fsp3) is 0.600. The van der Waals surface area contributed by atoms with Crippen molar-refractivity contribution < 1.29 is 45.8 Å². The standard InChI is InChI=1S/C13H15F3N4O2.C2HF3O2/c1-2-20-8-4-19(5-9(8)22-6-12(20)21)11-3-10(13(14,15)16)17-7-18-11;3-2(4,5)1(6)7/h3,7-9H,2,4-6H2,1H3;(H,6,7)/t8-,9-;/m1./s1. The van der Waals surface area contributed by atoms with Crippen LogP contribution in [-0.2, 0) is 20.5 Å². The van der Waals surface area contributed by atoms with Crippen LogP contribution in [0.5, 0.6) is 0 Å². The molecule has 0 aliphatic carbocycles. The predicted octanol–water partition coefficient (Wildman–Crippen LogP) is 1.56. The van der Waals surface area contributed by atoms with Gasteiger partial charge in [0.2, 0.25) is 5.91 Å². The van der Waals surface area contributed by atoms with E-state index in [0.29, 0.717) is 19.6 Å². The Labute approximate surface area is 160 Å². The van der Waals surface area contributed by atoms with Gasteiger partial charge in [-0.1, -0.05) is 0 Å². The van der Waals surface area contributed by atoms with Gasteiger partial charge in [0, 0.05) is 25.7 Å². The highest BCUT2D eigenvalue weighted by Gasteiger charge is 2.43. The molecule has 1 aromatic rings. The minimum Gasteiger partial charge on any atom is -0.475 e. The molecule has 14 heteroatoms. The number of aromatic nitrogens is 2. The monoisotopic (exact) mass is 430 g/mol. The van der Waals surface area contributed by atoms with Crippen LogP contribution < -0.4 is 4.90 Å². The van der Waals surface area contributed by atoms with Crippen LogP contribution in [0, 0.1) is 0 Å². The zero-order chi connectivity index (χ0) is 22.0. The van der Waals surface area contributed by atoms with E-state index in [1.165, 1.54) is 0 Å². The van der Waals surface area contributed by atoms with E-state index in [2.05, 4.69) is 9.97 Å². The molecule has 1 aromatic heterocycles. The van der Waals surface area contributed by atoms with Crippen LogP contribution in [0.3, 0.4) is 0 Å². The molecule has 0 aromatic carbocycles. The number of nitrogens with zero attached hydrogens (tertiary/aromatic N) is 4. The molecule has 8 nitrogen and oxygen atoms in total. The van der Waals surface area contributed by atoms with Crippen LogP contribution in [0.15, 0.2) is 12.4 Å². The summed E-state index contributed by atoms with van der Waals surface area (Å²) in [5, 5.41) is 7.12. The Morgan fingerprint density at radius 1 is 1.24 bits per heavy atom. The first-order valence-electron chi connectivity index (χ1n) is 8.20. The van der Waals surface area contributed by atoms with Crippen molar-refractivity contribution in [2.24, 2.45) is 0 Å². The summed E-state index contributed by atoms with van der Waals surface area (Å²) in [6, 6.07) is 0.769. The number of carbonyl (C=O) groups excluding carboxylic acids is 1. The van der Waals surface area contributed by atoms with Crippen LogP contribution in [0.2, 0.25) is 0 Å². The number of likely N-dealkylation sites (N-methyl/N-ethyl adjacent to an activating group) is 1. The number of rotatable bonds is 2. The number of halogens is 6. The van der Waals surface area contributed by atoms with Gasteiger partial charge in [0.05, 0.1) is 12.1 Å². The summed E-state index contributed by atoms with van der Waals surface area (Å²) in [6.45, 7) is 3.24. The third-order valence-corrected chi connectivity index (χ3v) is 4.23. The predicted molar refractivity (Wildman–Crippen MR) is 83.9 cm³/mol. The van der Waals surface area contributed by atoms with Gasteiger partial charge in [-0.15, -0.1) is 0 Å². The van der Waals surface area contributed by atoms with Crippen molar-refractivity contribution in [1.82, 2.24) is 14.9 Å². The number of carbonyl (C=O) groups is 2. The fourth-order valence-electron chi connectivity index (χ4n) is 2.94. The third kappa shape index (κ3) is 5.46. The molecule has 0 radical (unpaired) electrons. The molecule has 0 bridgehead atoms. The number of hydrogen-bond donors (Lipinski definition) is 1. The normalized spacial score (nSPS) is 22.1. The number of carboxylic acids is 1. The Kier molecular flexibility index (Phi) is 6.55. The molecule has 29 heavy (non-hydrogen) atoms. The molecular formula is C15H16F6N4O4. The van der Waals surface area contributed by atoms with E-state index in [0.717, 1.165) is 12.4 Å². The smallest absolute Gasteiger partial charge is 0.475 e. The molecule has 0 saturated carbocycles. The number of aliphatic carboxylic acids is 1. The van der Waals surface area contributed by atoms with Gasteiger partial charge in [0.15, 0.2) is 0 Å². The summed E-state index contributed by atoms with van der Waals surface area (Å²) in [4.78, 5) is 31.3. The first-order chi connectivity index (χ1) is 13.3. The van der Waals surface area contributed by atoms with Crippen LogP contribution in [0.1, 0.15) is 12.6 Å². The maximum absolute atomic E-state index is 12.7. The van der Waals surface area contributed by atoms with Crippen molar-refractivity contribution in [3.8, 4) is 0 Å². The van der Waals surface area contributed by atoms with Gasteiger partial charge in [0.25, 0.3) is 0 Å². The van der Waals surface area contributed by atoms with Gasteiger partial charge >= 0.3 is 18.3 Å². The third-order valence-electron chi connectivity index (χ3n) is 4.23. The fourth-order valence-corrected chi connectivity index (χ4v) is 2.94. The number of hydrogen-bond acceptors (Lipinski definition) is 6. The number of morpholine rings is 1. The van der Waals surface area contributed by atoms with E-state index < -0.39 is 24.0 Å². The number of anilines is 1. The van der Waals surface area contributed by atoms with Crippen LogP contribution in [-0.4, -0.2) is 76.4 Å². The summed E-state index contributed by atoms with van der Waals surface area (Å²) >= 11 is 0. The van der Waals surface area contributed by atoms with Gasteiger partial charge in [0.1, 0.15) is 24.4 Å². The molecule has 2 atom stereocenters. The van der Waals surface area contributed by atoms with E-state index in [9.17, 15) is 31.1 Å². The maximum Gasteiger partial charge on any atom is 0.490 e. The summed E-state index contributed by atoms with van der Waals surface area (Å²) in [5.74, 6) is -2.65. The molecule has 2 aliphatic rings. The van der Waals surface area contributed by atoms with Crippen LogP contribution in [0.25, 0.3) is 0 Å². The summed E-state index contributed by atoms with van der Waals surface area (Å²) < 4.78 is 75.4. The number of alkyl halides is 6. The minimum atomic E-state index is -5.08. The minimum absolute atomic E-state index is 0.0143. The molecule has 2 aliphatic heterocycles. The van der Waals surface area contributed by atoms with Crippen LogP contribution >= 0.6 is 0 Å². The molecule has 0 unspecified atom stereocenters. The summed E-state index contributed by atoms with van der Waals surface area (Å²) in [7, 11) is 0.